The molecule has 0 unspecified atom stereocenters. The smallest absolute Gasteiger partial charge is 0.322 e. The molecule has 6 nitrogen and oxygen atoms in total. The lowest BCUT2D eigenvalue weighted by atomic mass is 10.0. The molecule has 29 heavy (non-hydrogen) atoms. The maximum absolute atomic E-state index is 12.1. The maximum atomic E-state index is 12.1. The number of hydrogen-bond donors (Lipinski definition) is 1. The third-order valence-electron chi connectivity index (χ3n) is 4.64. The van der Waals surface area contributed by atoms with E-state index in [0.29, 0.717) is 18.1 Å². The second kappa shape index (κ2) is 8.14. The first-order chi connectivity index (χ1) is 14.1. The average Bonchev–Trinajstić information content (AvgIpc) is 3.15. The van der Waals surface area contributed by atoms with Crippen LogP contribution in [0, 0.1) is 13.8 Å². The van der Waals surface area contributed by atoms with Crippen molar-refractivity contribution >= 4 is 22.7 Å². The Balaban J connectivity index is 1.33. The highest BCUT2D eigenvalue weighted by atomic mass is 16.5. The molecule has 4 rings (SSSR count). The molecule has 0 saturated carbocycles. The van der Waals surface area contributed by atoms with Crippen molar-refractivity contribution in [2.24, 2.45) is 0 Å². The number of nitrogens with one attached hydrogen (secondary N) is 1. The van der Waals surface area contributed by atoms with E-state index in [1.54, 1.807) is 0 Å². The van der Waals surface area contributed by atoms with Crippen molar-refractivity contribution in [2.75, 3.05) is 11.9 Å². The van der Waals surface area contributed by atoms with Crippen LogP contribution in [0.15, 0.2) is 65.1 Å². The van der Waals surface area contributed by atoms with Gasteiger partial charge in [-0.1, -0.05) is 59.2 Å². The monoisotopic (exact) mass is 387 g/mol. The van der Waals surface area contributed by atoms with Gasteiger partial charge in [0.1, 0.15) is 5.75 Å². The minimum absolute atomic E-state index is 0.0666. The summed E-state index contributed by atoms with van der Waals surface area (Å²) in [5.74, 6) is 0.711. The second-order valence-electron chi connectivity index (χ2n) is 6.95. The van der Waals surface area contributed by atoms with Crippen LogP contribution in [0.3, 0.4) is 0 Å². The van der Waals surface area contributed by atoms with Gasteiger partial charge in [0, 0.05) is 0 Å². The molecule has 146 valence electrons. The molecule has 1 heterocycles. The molecule has 1 N–H and O–H groups in total. The Morgan fingerprint density at radius 2 is 1.83 bits per heavy atom. The first kappa shape index (κ1) is 18.7. The zero-order valence-electron chi connectivity index (χ0n) is 16.3. The maximum Gasteiger partial charge on any atom is 0.322 e. The van der Waals surface area contributed by atoms with Crippen LogP contribution in [0.1, 0.15) is 22.6 Å². The number of aryl methyl sites for hydroxylation is 2. The number of amides is 1. The van der Waals surface area contributed by atoms with Gasteiger partial charge in [0.15, 0.2) is 6.61 Å². The molecule has 0 atom stereocenters. The number of carbonyl (C=O) groups excluding carboxylic acids is 1. The molecule has 0 radical (unpaired) electrons. The lowest BCUT2D eigenvalue weighted by Crippen LogP contribution is -2.20. The summed E-state index contributed by atoms with van der Waals surface area (Å²) in [6, 6.07) is 19.9. The van der Waals surface area contributed by atoms with E-state index in [9.17, 15) is 4.79 Å². The molecular formula is C23H21N3O3. The highest BCUT2D eigenvalue weighted by molar-refractivity contribution is 5.90. The number of aromatic nitrogens is 2. The zero-order chi connectivity index (χ0) is 20.2. The van der Waals surface area contributed by atoms with Crippen LogP contribution in [-0.2, 0) is 11.2 Å². The molecule has 3 aromatic carbocycles. The Labute approximate surface area is 168 Å². The first-order valence-corrected chi connectivity index (χ1v) is 9.37. The number of fused-ring (bicyclic) bond motifs is 1. The van der Waals surface area contributed by atoms with Crippen LogP contribution >= 0.6 is 0 Å². The van der Waals surface area contributed by atoms with Crippen LogP contribution in [0.2, 0.25) is 0 Å². The minimum Gasteiger partial charge on any atom is -0.484 e. The lowest BCUT2D eigenvalue weighted by molar-refractivity contribution is -0.118. The molecule has 1 amide bonds. The first-order valence-electron chi connectivity index (χ1n) is 9.37. The Hall–Kier alpha value is -3.67. The predicted octanol–water partition coefficient (Wildman–Crippen LogP) is 4.45. The quantitative estimate of drug-likeness (QED) is 0.529. The number of hydrogen-bond acceptors (Lipinski definition) is 5. The van der Waals surface area contributed by atoms with E-state index in [4.69, 9.17) is 9.15 Å². The summed E-state index contributed by atoms with van der Waals surface area (Å²) < 4.78 is 11.1. The van der Waals surface area contributed by atoms with Crippen molar-refractivity contribution < 1.29 is 13.9 Å². The van der Waals surface area contributed by atoms with E-state index < -0.39 is 0 Å². The Kier molecular flexibility index (Phi) is 5.24. The van der Waals surface area contributed by atoms with Crippen LogP contribution in [0.5, 0.6) is 5.75 Å². The van der Waals surface area contributed by atoms with Gasteiger partial charge in [-0.2, -0.15) is 0 Å². The molecule has 1 aromatic heterocycles. The van der Waals surface area contributed by atoms with E-state index >= 15 is 0 Å². The lowest BCUT2D eigenvalue weighted by Gasteiger charge is -2.06. The summed E-state index contributed by atoms with van der Waals surface area (Å²) in [5.41, 5.74) is 3.48. The number of anilines is 1. The van der Waals surface area contributed by atoms with Gasteiger partial charge < -0.3 is 9.15 Å². The number of ether oxygens (including phenoxy) is 1. The summed E-state index contributed by atoms with van der Waals surface area (Å²) in [5, 5.41) is 12.6. The molecule has 0 aliphatic carbocycles. The second-order valence-corrected chi connectivity index (χ2v) is 6.95. The number of benzene rings is 3. The van der Waals surface area contributed by atoms with Crippen LogP contribution < -0.4 is 10.1 Å². The van der Waals surface area contributed by atoms with Gasteiger partial charge >= 0.3 is 6.01 Å². The molecule has 0 spiro atoms. The molecule has 0 saturated heterocycles. The van der Waals surface area contributed by atoms with Crippen molar-refractivity contribution in [3.8, 4) is 5.75 Å². The van der Waals surface area contributed by atoms with Gasteiger partial charge in [-0.15, -0.1) is 5.10 Å². The van der Waals surface area contributed by atoms with Crippen molar-refractivity contribution in [1.82, 2.24) is 10.2 Å². The van der Waals surface area contributed by atoms with Gasteiger partial charge in [-0.25, -0.2) is 0 Å². The normalized spacial score (nSPS) is 10.8. The van der Waals surface area contributed by atoms with Crippen LogP contribution in [0.25, 0.3) is 10.8 Å². The summed E-state index contributed by atoms with van der Waals surface area (Å²) in [4.78, 5) is 12.1. The predicted molar refractivity (Wildman–Crippen MR) is 111 cm³/mol. The fourth-order valence-corrected chi connectivity index (χ4v) is 3.14. The number of rotatable bonds is 6. The Morgan fingerprint density at radius 1 is 1.00 bits per heavy atom. The van der Waals surface area contributed by atoms with E-state index in [1.165, 1.54) is 5.56 Å². The van der Waals surface area contributed by atoms with E-state index in [2.05, 4.69) is 28.5 Å². The summed E-state index contributed by atoms with van der Waals surface area (Å²) >= 11 is 0. The van der Waals surface area contributed by atoms with Gasteiger partial charge in [0.2, 0.25) is 5.89 Å². The molecule has 0 aliphatic heterocycles. The summed E-state index contributed by atoms with van der Waals surface area (Å²) in [6.07, 6.45) is 0.516. The van der Waals surface area contributed by atoms with Crippen LogP contribution in [0.4, 0.5) is 6.01 Å². The van der Waals surface area contributed by atoms with Crippen molar-refractivity contribution in [3.63, 3.8) is 0 Å². The molecular weight excluding hydrogens is 366 g/mol. The molecule has 6 heteroatoms. The van der Waals surface area contributed by atoms with Crippen molar-refractivity contribution in [1.29, 1.82) is 0 Å². The minimum atomic E-state index is -0.361. The zero-order valence-corrected chi connectivity index (χ0v) is 16.3. The van der Waals surface area contributed by atoms with Gasteiger partial charge in [-0.3, -0.25) is 10.1 Å². The summed E-state index contributed by atoms with van der Waals surface area (Å²) in [6.45, 7) is 3.95. The fraction of sp³-hybridized carbons (Fsp3) is 0.174. The topological polar surface area (TPSA) is 77.2 Å². The van der Waals surface area contributed by atoms with Gasteiger partial charge in [-0.05, 0) is 47.9 Å². The molecule has 0 aliphatic rings. The van der Waals surface area contributed by atoms with Crippen molar-refractivity contribution in [3.05, 3.63) is 83.2 Å². The molecule has 0 fully saturated rings. The van der Waals surface area contributed by atoms with Gasteiger partial charge in [0.25, 0.3) is 5.91 Å². The largest absolute Gasteiger partial charge is 0.484 e. The SMILES string of the molecule is Cc1ccc(Cc2nnc(NC(=O)COc3ccc4ccccc4c3)o2)c(C)c1. The highest BCUT2D eigenvalue weighted by Gasteiger charge is 2.12. The Bertz CT molecular complexity index is 1170. The number of nitrogens with zero attached hydrogens (tertiary/aromatic N) is 2. The molecule has 4 aromatic rings. The van der Waals surface area contributed by atoms with E-state index in [1.807, 2.05) is 61.5 Å². The third kappa shape index (κ3) is 4.60. The Morgan fingerprint density at radius 3 is 2.66 bits per heavy atom. The standard InChI is InChI=1S/C23H21N3O3/c1-15-7-8-18(16(2)11-15)13-22-25-26-23(29-22)24-21(27)14-28-20-10-9-17-5-3-4-6-19(17)12-20/h3-12H,13-14H2,1-2H3,(H,24,26,27). The van der Waals surface area contributed by atoms with Gasteiger partial charge in [0.05, 0.1) is 6.42 Å². The average molecular weight is 387 g/mol. The van der Waals surface area contributed by atoms with Crippen LogP contribution in [-0.4, -0.2) is 22.7 Å². The summed E-state index contributed by atoms with van der Waals surface area (Å²) in [7, 11) is 0. The van der Waals surface area contributed by atoms with Crippen molar-refractivity contribution in [2.45, 2.75) is 20.3 Å². The van der Waals surface area contributed by atoms with E-state index in [-0.39, 0.29) is 18.5 Å². The third-order valence-corrected chi connectivity index (χ3v) is 4.64. The van der Waals surface area contributed by atoms with E-state index in [0.717, 1.165) is 21.9 Å². The molecule has 0 bridgehead atoms. The fourth-order valence-electron chi connectivity index (χ4n) is 3.14. The number of carbonyl (C=O) groups is 1. The highest BCUT2D eigenvalue weighted by Crippen LogP contribution is 2.20.